The number of anilines is 1. The molecular formula is C15H19N5O2S. The van der Waals surface area contributed by atoms with Crippen molar-refractivity contribution in [1.29, 1.82) is 0 Å². The van der Waals surface area contributed by atoms with Crippen LogP contribution >= 0.6 is 11.8 Å². The van der Waals surface area contributed by atoms with E-state index < -0.39 is 0 Å². The predicted molar refractivity (Wildman–Crippen MR) is 88.6 cm³/mol. The predicted octanol–water partition coefficient (Wildman–Crippen LogP) is 2.58. The molecule has 1 amide bonds. The minimum Gasteiger partial charge on any atom is -0.326 e. The Morgan fingerprint density at radius 3 is 2.57 bits per heavy atom. The second-order valence-corrected chi connectivity index (χ2v) is 6.34. The zero-order valence-corrected chi connectivity index (χ0v) is 14.1. The molecular weight excluding hydrogens is 314 g/mol. The van der Waals surface area contributed by atoms with Gasteiger partial charge in [0.25, 0.3) is 0 Å². The van der Waals surface area contributed by atoms with Crippen molar-refractivity contribution in [1.82, 2.24) is 20.2 Å². The Morgan fingerprint density at radius 2 is 1.96 bits per heavy atom. The largest absolute Gasteiger partial charge is 0.326 e. The maximum absolute atomic E-state index is 11.9. The third-order valence-electron chi connectivity index (χ3n) is 3.09. The Balaban J connectivity index is 1.81. The van der Waals surface area contributed by atoms with Gasteiger partial charge in [-0.2, -0.15) is 0 Å². The highest BCUT2D eigenvalue weighted by atomic mass is 32.2. The SMILES string of the molecule is CC(=O)c1ccc(NC(=O)CCSc2nnnn2C(C)C)cc1. The Kier molecular flexibility index (Phi) is 5.86. The highest BCUT2D eigenvalue weighted by Crippen LogP contribution is 2.18. The molecule has 0 atom stereocenters. The fraction of sp³-hybridized carbons (Fsp3) is 0.400. The fourth-order valence-corrected chi connectivity index (χ4v) is 2.80. The number of Topliss-reactive ketones (excluding diaryl/α,β-unsaturated/α-hetero) is 1. The van der Waals surface area contributed by atoms with Crippen molar-refractivity contribution in [2.24, 2.45) is 0 Å². The molecule has 7 nitrogen and oxygen atoms in total. The van der Waals surface area contributed by atoms with Gasteiger partial charge in [0.05, 0.1) is 6.04 Å². The van der Waals surface area contributed by atoms with Gasteiger partial charge in [0, 0.05) is 23.4 Å². The number of nitrogens with zero attached hydrogens (tertiary/aromatic N) is 4. The van der Waals surface area contributed by atoms with E-state index >= 15 is 0 Å². The standard InChI is InChI=1S/C15H19N5O2S/c1-10(2)20-15(17-18-19-20)23-9-8-14(22)16-13-6-4-12(5-7-13)11(3)21/h4-7,10H,8-9H2,1-3H3,(H,16,22). The summed E-state index contributed by atoms with van der Waals surface area (Å²) < 4.78 is 1.73. The van der Waals surface area contributed by atoms with Gasteiger partial charge in [-0.15, -0.1) is 5.10 Å². The van der Waals surface area contributed by atoms with Gasteiger partial charge in [-0.25, -0.2) is 4.68 Å². The Labute approximate surface area is 138 Å². The average molecular weight is 333 g/mol. The summed E-state index contributed by atoms with van der Waals surface area (Å²) in [5.74, 6) is 0.503. The monoisotopic (exact) mass is 333 g/mol. The summed E-state index contributed by atoms with van der Waals surface area (Å²) in [4.78, 5) is 23.1. The number of amides is 1. The second kappa shape index (κ2) is 7.87. The highest BCUT2D eigenvalue weighted by molar-refractivity contribution is 7.99. The van der Waals surface area contributed by atoms with E-state index in [4.69, 9.17) is 0 Å². The van der Waals surface area contributed by atoms with Gasteiger partial charge in [-0.05, 0) is 55.5 Å². The van der Waals surface area contributed by atoms with Crippen LogP contribution in [0.5, 0.6) is 0 Å². The van der Waals surface area contributed by atoms with E-state index in [9.17, 15) is 9.59 Å². The number of carbonyl (C=O) groups excluding carboxylic acids is 2. The molecule has 0 unspecified atom stereocenters. The summed E-state index contributed by atoms with van der Waals surface area (Å²) in [6, 6.07) is 7.02. The van der Waals surface area contributed by atoms with Crippen LogP contribution < -0.4 is 5.32 Å². The van der Waals surface area contributed by atoms with Crippen LogP contribution in [0.25, 0.3) is 0 Å². The molecule has 0 radical (unpaired) electrons. The first-order chi connectivity index (χ1) is 11.0. The number of hydrogen-bond acceptors (Lipinski definition) is 6. The number of tetrazole rings is 1. The van der Waals surface area contributed by atoms with Crippen LogP contribution in [0.15, 0.2) is 29.4 Å². The number of aromatic nitrogens is 4. The first-order valence-corrected chi connectivity index (χ1v) is 8.27. The zero-order chi connectivity index (χ0) is 16.8. The molecule has 1 heterocycles. The summed E-state index contributed by atoms with van der Waals surface area (Å²) in [5.41, 5.74) is 1.30. The van der Waals surface area contributed by atoms with Gasteiger partial charge in [-0.1, -0.05) is 11.8 Å². The molecule has 0 aliphatic carbocycles. The van der Waals surface area contributed by atoms with Gasteiger partial charge >= 0.3 is 0 Å². The van der Waals surface area contributed by atoms with Crippen molar-refractivity contribution >= 4 is 29.1 Å². The lowest BCUT2D eigenvalue weighted by Crippen LogP contribution is -2.12. The van der Waals surface area contributed by atoms with E-state index in [-0.39, 0.29) is 17.7 Å². The summed E-state index contributed by atoms with van der Waals surface area (Å²) in [6.45, 7) is 5.51. The minimum atomic E-state index is -0.0864. The van der Waals surface area contributed by atoms with E-state index in [0.29, 0.717) is 28.6 Å². The minimum absolute atomic E-state index is 0.00199. The Morgan fingerprint density at radius 1 is 1.26 bits per heavy atom. The smallest absolute Gasteiger partial charge is 0.225 e. The van der Waals surface area contributed by atoms with E-state index in [2.05, 4.69) is 20.8 Å². The molecule has 122 valence electrons. The molecule has 1 aromatic heterocycles. The Bertz CT molecular complexity index is 681. The fourth-order valence-electron chi connectivity index (χ4n) is 1.85. The van der Waals surface area contributed by atoms with Gasteiger partial charge in [0.1, 0.15) is 0 Å². The van der Waals surface area contributed by atoms with E-state index in [1.54, 1.807) is 28.9 Å². The van der Waals surface area contributed by atoms with Crippen molar-refractivity contribution in [2.45, 2.75) is 38.4 Å². The summed E-state index contributed by atoms with van der Waals surface area (Å²) in [6.07, 6.45) is 0.351. The normalized spacial score (nSPS) is 10.8. The lowest BCUT2D eigenvalue weighted by molar-refractivity contribution is -0.115. The van der Waals surface area contributed by atoms with Crippen molar-refractivity contribution in [3.05, 3.63) is 29.8 Å². The number of nitrogens with one attached hydrogen (secondary N) is 1. The quantitative estimate of drug-likeness (QED) is 0.619. The molecule has 0 fully saturated rings. The van der Waals surface area contributed by atoms with Gasteiger partial charge in [-0.3, -0.25) is 9.59 Å². The molecule has 1 N–H and O–H groups in total. The zero-order valence-electron chi connectivity index (χ0n) is 13.3. The van der Waals surface area contributed by atoms with Crippen LogP contribution in [0.1, 0.15) is 43.6 Å². The number of benzene rings is 1. The molecule has 0 aliphatic rings. The maximum Gasteiger partial charge on any atom is 0.225 e. The van der Waals surface area contributed by atoms with Crippen LogP contribution in [0.4, 0.5) is 5.69 Å². The molecule has 0 spiro atoms. The van der Waals surface area contributed by atoms with Crippen molar-refractivity contribution in [3.8, 4) is 0 Å². The summed E-state index contributed by atoms with van der Waals surface area (Å²) >= 11 is 1.45. The number of rotatable bonds is 7. The van der Waals surface area contributed by atoms with Crippen LogP contribution in [-0.4, -0.2) is 37.7 Å². The molecule has 0 aliphatic heterocycles. The number of ketones is 1. The highest BCUT2D eigenvalue weighted by Gasteiger charge is 2.11. The number of carbonyl (C=O) groups is 2. The molecule has 23 heavy (non-hydrogen) atoms. The van der Waals surface area contributed by atoms with Gasteiger partial charge < -0.3 is 5.32 Å². The van der Waals surface area contributed by atoms with Crippen molar-refractivity contribution in [3.63, 3.8) is 0 Å². The third kappa shape index (κ3) is 4.88. The van der Waals surface area contributed by atoms with Crippen LogP contribution in [0.3, 0.4) is 0 Å². The lowest BCUT2D eigenvalue weighted by atomic mass is 10.1. The number of thioether (sulfide) groups is 1. The van der Waals surface area contributed by atoms with Crippen LogP contribution in [0, 0.1) is 0 Å². The second-order valence-electron chi connectivity index (χ2n) is 5.28. The first kappa shape index (κ1) is 17.1. The lowest BCUT2D eigenvalue weighted by Gasteiger charge is -2.07. The van der Waals surface area contributed by atoms with E-state index in [0.717, 1.165) is 0 Å². The molecule has 8 heteroatoms. The topological polar surface area (TPSA) is 89.8 Å². The third-order valence-corrected chi connectivity index (χ3v) is 4.02. The maximum atomic E-state index is 11.9. The molecule has 0 saturated heterocycles. The van der Waals surface area contributed by atoms with E-state index in [1.165, 1.54) is 18.7 Å². The van der Waals surface area contributed by atoms with Crippen LogP contribution in [-0.2, 0) is 4.79 Å². The molecule has 1 aromatic carbocycles. The van der Waals surface area contributed by atoms with Crippen LogP contribution in [0.2, 0.25) is 0 Å². The average Bonchev–Trinajstić information content (AvgIpc) is 2.96. The summed E-state index contributed by atoms with van der Waals surface area (Å²) in [5, 5.41) is 15.0. The van der Waals surface area contributed by atoms with Gasteiger partial charge in [0.15, 0.2) is 5.78 Å². The molecule has 0 bridgehead atoms. The summed E-state index contributed by atoms with van der Waals surface area (Å²) in [7, 11) is 0. The van der Waals surface area contributed by atoms with E-state index in [1.807, 2.05) is 13.8 Å². The first-order valence-electron chi connectivity index (χ1n) is 7.29. The Hall–Kier alpha value is -2.22. The van der Waals surface area contributed by atoms with Gasteiger partial charge in [0.2, 0.25) is 11.1 Å². The number of hydrogen-bond donors (Lipinski definition) is 1. The molecule has 2 rings (SSSR count). The molecule has 2 aromatic rings. The molecule has 0 saturated carbocycles. The van der Waals surface area contributed by atoms with Crippen molar-refractivity contribution in [2.75, 3.05) is 11.1 Å². The van der Waals surface area contributed by atoms with Crippen molar-refractivity contribution < 1.29 is 9.59 Å².